The molecule has 2 aliphatic carbocycles. The number of ether oxygens (including phenoxy) is 7. The van der Waals surface area contributed by atoms with Crippen LogP contribution in [0.25, 0.3) is 0 Å². The van der Waals surface area contributed by atoms with E-state index in [1.54, 1.807) is 26.0 Å². The summed E-state index contributed by atoms with van der Waals surface area (Å²) in [6, 6.07) is 0. The van der Waals surface area contributed by atoms with E-state index in [1.807, 2.05) is 0 Å². The lowest BCUT2D eigenvalue weighted by atomic mass is 9.50. The summed E-state index contributed by atoms with van der Waals surface area (Å²) in [6.45, 7) is 7.67. The Balaban J connectivity index is 1.25. The molecule has 0 aromatic heterocycles. The number of aliphatic hydroxyl groups is 2. The molecule has 5 aliphatic heterocycles. The summed E-state index contributed by atoms with van der Waals surface area (Å²) >= 11 is 0. The van der Waals surface area contributed by atoms with Gasteiger partial charge in [-0.2, -0.15) is 0 Å². The van der Waals surface area contributed by atoms with Crippen LogP contribution in [0.2, 0.25) is 0 Å². The fraction of sp³-hybridized carbons (Fsp3) is 0.793. The van der Waals surface area contributed by atoms with E-state index in [-0.39, 0.29) is 37.1 Å². The van der Waals surface area contributed by atoms with Crippen molar-refractivity contribution in [3.05, 3.63) is 24.3 Å². The third kappa shape index (κ3) is 3.55. The Hall–Kier alpha value is -1.86. The van der Waals surface area contributed by atoms with Crippen LogP contribution in [0.1, 0.15) is 47.0 Å². The summed E-state index contributed by atoms with van der Waals surface area (Å²) in [7, 11) is 0. The van der Waals surface area contributed by atoms with Gasteiger partial charge in [0.2, 0.25) is 0 Å². The van der Waals surface area contributed by atoms with Crippen LogP contribution in [0.5, 0.6) is 0 Å². The highest BCUT2D eigenvalue weighted by molar-refractivity contribution is 5.82. The number of carbonyl (C=O) groups is 2. The first-order chi connectivity index (χ1) is 18.9. The Kier molecular flexibility index (Phi) is 5.80. The average molecular weight is 563 g/mol. The molecule has 5 heterocycles. The second-order valence-electron chi connectivity index (χ2n) is 13.2. The molecule has 0 aromatic rings. The monoisotopic (exact) mass is 562 g/mol. The number of cyclic esters (lactones) is 1. The summed E-state index contributed by atoms with van der Waals surface area (Å²) in [6.07, 6.45) is 2.83. The molecule has 11 nitrogen and oxygen atoms in total. The van der Waals surface area contributed by atoms with Crippen LogP contribution >= 0.6 is 0 Å². The number of hydrogen-bond donors (Lipinski definition) is 2. The lowest BCUT2D eigenvalue weighted by Crippen LogP contribution is -2.69. The van der Waals surface area contributed by atoms with Crippen molar-refractivity contribution in [3.8, 4) is 0 Å². The van der Waals surface area contributed by atoms with Gasteiger partial charge in [-0.3, -0.25) is 0 Å². The average Bonchev–Trinajstić information content (AvgIpc) is 3.81. The van der Waals surface area contributed by atoms with E-state index in [0.717, 1.165) is 6.42 Å². The number of aliphatic hydroxyl groups excluding tert-OH is 2. The van der Waals surface area contributed by atoms with E-state index in [1.165, 1.54) is 12.2 Å². The lowest BCUT2D eigenvalue weighted by molar-refractivity contribution is -0.251. The third-order valence-corrected chi connectivity index (χ3v) is 11.1. The van der Waals surface area contributed by atoms with E-state index in [0.29, 0.717) is 19.4 Å². The fourth-order valence-corrected chi connectivity index (χ4v) is 8.09. The maximum absolute atomic E-state index is 13.4. The standard InChI is InChI=1S/C29H38O11/c1-15(30)16-7-5-6-8-20(32)37-18-11-19-29(14-36-29)27(18,4)28(10-9-25(2)21(39-25)22(28)38-19)13-35-24(33)23-26(3,40-23)17(31)12-34-16/h5-8,15-19,21-23,30-31H,9-14H2,1-4H3/b7-5?,8-6-/t15?,16?,17?,18-,19-,21+,22-,23?,25-,26?,27-,28-,29?/m1/s1. The molecule has 2 bridgehead atoms. The van der Waals surface area contributed by atoms with Crippen molar-refractivity contribution in [1.82, 2.24) is 0 Å². The van der Waals surface area contributed by atoms with Gasteiger partial charge in [-0.25, -0.2) is 9.59 Å². The molecule has 7 rings (SSSR count). The van der Waals surface area contributed by atoms with Crippen LogP contribution in [0.4, 0.5) is 0 Å². The molecule has 2 spiro atoms. The van der Waals surface area contributed by atoms with Crippen molar-refractivity contribution < 1.29 is 53.0 Å². The molecule has 6 unspecified atom stereocenters. The largest absolute Gasteiger partial charge is 0.463 e. The summed E-state index contributed by atoms with van der Waals surface area (Å²) in [4.78, 5) is 26.4. The van der Waals surface area contributed by atoms with Gasteiger partial charge < -0.3 is 43.4 Å². The van der Waals surface area contributed by atoms with Gasteiger partial charge in [0.1, 0.15) is 42.2 Å². The summed E-state index contributed by atoms with van der Waals surface area (Å²) < 4.78 is 42.6. The molecule has 6 fully saturated rings. The van der Waals surface area contributed by atoms with Gasteiger partial charge in [0, 0.05) is 17.9 Å². The molecule has 11 heteroatoms. The predicted octanol–water partition coefficient (Wildman–Crippen LogP) is 0.736. The smallest absolute Gasteiger partial charge is 0.338 e. The van der Waals surface area contributed by atoms with Crippen LogP contribution in [-0.4, -0.2) is 108 Å². The van der Waals surface area contributed by atoms with Gasteiger partial charge in [-0.05, 0) is 33.6 Å². The molecule has 0 aromatic carbocycles. The number of hydrogen-bond acceptors (Lipinski definition) is 11. The minimum Gasteiger partial charge on any atom is -0.463 e. The van der Waals surface area contributed by atoms with Gasteiger partial charge in [0.15, 0.2) is 6.10 Å². The fourth-order valence-electron chi connectivity index (χ4n) is 8.09. The number of allylic oxidation sites excluding steroid dienone is 2. The lowest BCUT2D eigenvalue weighted by Gasteiger charge is -2.58. The van der Waals surface area contributed by atoms with E-state index >= 15 is 0 Å². The normalized spacial score (nSPS) is 56.4. The number of epoxide rings is 3. The van der Waals surface area contributed by atoms with Crippen molar-refractivity contribution in [1.29, 1.82) is 0 Å². The van der Waals surface area contributed by atoms with Gasteiger partial charge in [0.05, 0.1) is 42.5 Å². The van der Waals surface area contributed by atoms with E-state index in [2.05, 4.69) is 13.8 Å². The van der Waals surface area contributed by atoms with E-state index in [4.69, 9.17) is 33.2 Å². The molecule has 13 atom stereocenters. The quantitative estimate of drug-likeness (QED) is 0.344. The number of fused-ring (bicyclic) bond motifs is 3. The highest BCUT2D eigenvalue weighted by Gasteiger charge is 2.86. The Morgan fingerprint density at radius 1 is 1.02 bits per heavy atom. The maximum atomic E-state index is 13.4. The van der Waals surface area contributed by atoms with Gasteiger partial charge in [-0.15, -0.1) is 0 Å². The number of rotatable bonds is 1. The molecule has 220 valence electrons. The summed E-state index contributed by atoms with van der Waals surface area (Å²) in [5.41, 5.74) is -3.54. The minimum absolute atomic E-state index is 0.0139. The van der Waals surface area contributed by atoms with Gasteiger partial charge in [-0.1, -0.05) is 25.2 Å². The summed E-state index contributed by atoms with van der Waals surface area (Å²) in [5, 5.41) is 20.9. The molecule has 2 N–H and O–H groups in total. The van der Waals surface area contributed by atoms with Gasteiger partial charge >= 0.3 is 11.9 Å². The Morgan fingerprint density at radius 2 is 1.80 bits per heavy atom. The second kappa shape index (κ2) is 8.59. The molecule has 0 amide bonds. The molecule has 40 heavy (non-hydrogen) atoms. The van der Waals surface area contributed by atoms with Crippen LogP contribution in [0.3, 0.4) is 0 Å². The third-order valence-electron chi connectivity index (χ3n) is 11.1. The number of carbonyl (C=O) groups excluding carboxylic acids is 2. The maximum Gasteiger partial charge on any atom is 0.338 e. The molecular formula is C29H38O11. The van der Waals surface area contributed by atoms with Crippen molar-refractivity contribution in [2.24, 2.45) is 10.8 Å². The highest BCUT2D eigenvalue weighted by Crippen LogP contribution is 2.75. The first-order valence-corrected chi connectivity index (χ1v) is 14.3. The zero-order chi connectivity index (χ0) is 28.3. The van der Waals surface area contributed by atoms with Crippen molar-refractivity contribution in [3.63, 3.8) is 0 Å². The summed E-state index contributed by atoms with van der Waals surface area (Å²) in [5.74, 6) is -1.10. The Labute approximate surface area is 232 Å². The molecule has 2 saturated carbocycles. The first kappa shape index (κ1) is 27.0. The van der Waals surface area contributed by atoms with Crippen LogP contribution in [-0.2, 0) is 42.7 Å². The molecule has 7 aliphatic rings. The Bertz CT molecular complexity index is 1160. The van der Waals surface area contributed by atoms with Crippen molar-refractivity contribution in [2.45, 2.75) is 113 Å². The van der Waals surface area contributed by atoms with Crippen LogP contribution in [0.15, 0.2) is 24.3 Å². The second-order valence-corrected chi connectivity index (χ2v) is 13.2. The van der Waals surface area contributed by atoms with Crippen LogP contribution < -0.4 is 0 Å². The van der Waals surface area contributed by atoms with Crippen molar-refractivity contribution >= 4 is 11.9 Å². The SMILES string of the molecule is CC(O)C1C=C/C=C\C(=O)O[C@@H]2C[C@H]3O[C@@H]4[C@@H]5O[C@]5(C)CC[C@]4(COC(=O)C4OC4(C)C(O)CO1)[C@]2(C)C31CO1. The Morgan fingerprint density at radius 3 is 2.52 bits per heavy atom. The van der Waals surface area contributed by atoms with Crippen molar-refractivity contribution in [2.75, 3.05) is 19.8 Å². The van der Waals surface area contributed by atoms with E-state index < -0.39 is 64.5 Å². The van der Waals surface area contributed by atoms with E-state index in [9.17, 15) is 19.8 Å². The zero-order valence-electron chi connectivity index (χ0n) is 23.2. The molecule has 0 radical (unpaired) electrons. The van der Waals surface area contributed by atoms with Gasteiger partial charge in [0.25, 0.3) is 0 Å². The molecule has 4 saturated heterocycles. The molecular weight excluding hydrogens is 524 g/mol. The highest BCUT2D eigenvalue weighted by atomic mass is 16.7. The number of esters is 2. The van der Waals surface area contributed by atoms with Crippen LogP contribution in [0, 0.1) is 10.8 Å². The topological polar surface area (TPSA) is 149 Å². The first-order valence-electron chi connectivity index (χ1n) is 14.3. The zero-order valence-corrected chi connectivity index (χ0v) is 23.2. The predicted molar refractivity (Wildman–Crippen MR) is 135 cm³/mol. The minimum atomic E-state index is -1.18.